The van der Waals surface area contributed by atoms with E-state index in [0.717, 1.165) is 17.3 Å². The van der Waals surface area contributed by atoms with Gasteiger partial charge in [0.05, 0.1) is 15.6 Å². The van der Waals surface area contributed by atoms with E-state index in [4.69, 9.17) is 4.52 Å². The first-order valence-electron chi connectivity index (χ1n) is 9.14. The minimum atomic E-state index is -0.495. The molecule has 1 atom stereocenters. The van der Waals surface area contributed by atoms with Crippen LogP contribution in [-0.4, -0.2) is 50.0 Å². The van der Waals surface area contributed by atoms with Crippen LogP contribution in [0.3, 0.4) is 0 Å². The van der Waals surface area contributed by atoms with E-state index in [1.165, 1.54) is 18.2 Å². The third-order valence-corrected chi connectivity index (χ3v) is 5.13. The lowest BCUT2D eigenvalue weighted by atomic mass is 10.1. The molecule has 10 heteroatoms. The van der Waals surface area contributed by atoms with Crippen LogP contribution >= 0.6 is 15.9 Å². The summed E-state index contributed by atoms with van der Waals surface area (Å²) in [6.45, 7) is 2.77. The van der Waals surface area contributed by atoms with E-state index in [9.17, 15) is 9.18 Å². The number of aromatic nitrogens is 4. The van der Waals surface area contributed by atoms with Crippen LogP contribution in [0.2, 0.25) is 0 Å². The summed E-state index contributed by atoms with van der Waals surface area (Å²) in [5.41, 5.74) is 0.632. The number of nitrogens with one attached hydrogen (secondary N) is 1. The van der Waals surface area contributed by atoms with Crippen LogP contribution in [0.4, 0.5) is 10.3 Å². The molecule has 8 nitrogen and oxygen atoms in total. The van der Waals surface area contributed by atoms with Crippen molar-refractivity contribution >= 4 is 27.8 Å². The lowest BCUT2D eigenvalue weighted by molar-refractivity contribution is 0.0743. The number of carbonyl (C=O) groups is 1. The van der Waals surface area contributed by atoms with E-state index >= 15 is 0 Å². The van der Waals surface area contributed by atoms with Gasteiger partial charge >= 0.3 is 0 Å². The van der Waals surface area contributed by atoms with Crippen molar-refractivity contribution in [2.45, 2.75) is 25.8 Å². The van der Waals surface area contributed by atoms with Crippen molar-refractivity contribution < 1.29 is 13.7 Å². The Balaban J connectivity index is 1.55. The minimum Gasteiger partial charge on any atom is -0.352 e. The maximum atomic E-state index is 13.9. The molecule has 1 saturated heterocycles. The molecular formula is C19H18BrFN6O2. The topological polar surface area (TPSA) is 97.0 Å². The summed E-state index contributed by atoms with van der Waals surface area (Å²) >= 11 is 3.30. The second-order valence-electron chi connectivity index (χ2n) is 6.74. The van der Waals surface area contributed by atoms with Crippen molar-refractivity contribution in [1.82, 2.24) is 25.0 Å². The molecule has 1 fully saturated rings. The smallest absolute Gasteiger partial charge is 0.258 e. The van der Waals surface area contributed by atoms with Gasteiger partial charge in [-0.3, -0.25) is 4.79 Å². The molecule has 0 saturated carbocycles. The van der Waals surface area contributed by atoms with Gasteiger partial charge in [-0.1, -0.05) is 5.16 Å². The zero-order valence-corrected chi connectivity index (χ0v) is 17.2. The summed E-state index contributed by atoms with van der Waals surface area (Å²) in [6.07, 6.45) is 5.00. The molecule has 1 unspecified atom stereocenters. The second kappa shape index (κ2) is 8.24. The Morgan fingerprint density at radius 3 is 2.90 bits per heavy atom. The predicted octanol–water partition coefficient (Wildman–Crippen LogP) is 3.45. The first-order chi connectivity index (χ1) is 14.0. The lowest BCUT2D eigenvalue weighted by Gasteiger charge is -2.25. The number of aryl methyl sites for hydroxylation is 1. The Kier molecular flexibility index (Phi) is 5.52. The van der Waals surface area contributed by atoms with Gasteiger partial charge in [-0.2, -0.15) is 4.98 Å². The maximum Gasteiger partial charge on any atom is 0.258 e. The summed E-state index contributed by atoms with van der Waals surface area (Å²) in [4.78, 5) is 27.6. The number of nitrogens with zero attached hydrogens (tertiary/aromatic N) is 5. The number of hydrogen-bond donors (Lipinski definition) is 1. The highest BCUT2D eigenvalue weighted by atomic mass is 79.9. The molecule has 0 spiro atoms. The SMILES string of the molecule is Cc1noc(-c2ccc(F)cc2C(=O)N2CCCC2CNc2ncc(Br)cn2)n1. The number of hydrogen-bond acceptors (Lipinski definition) is 7. The van der Waals surface area contributed by atoms with E-state index < -0.39 is 5.82 Å². The van der Waals surface area contributed by atoms with Gasteiger partial charge in [0.15, 0.2) is 5.82 Å². The summed E-state index contributed by atoms with van der Waals surface area (Å²) < 4.78 is 19.9. The predicted molar refractivity (Wildman–Crippen MR) is 107 cm³/mol. The molecule has 1 aliphatic heterocycles. The molecule has 0 bridgehead atoms. The Bertz CT molecular complexity index is 1030. The molecule has 3 aromatic rings. The van der Waals surface area contributed by atoms with Crippen LogP contribution in [0, 0.1) is 12.7 Å². The quantitative estimate of drug-likeness (QED) is 0.622. The van der Waals surface area contributed by atoms with E-state index in [1.807, 2.05) is 0 Å². The average Bonchev–Trinajstić information content (AvgIpc) is 3.36. The van der Waals surface area contributed by atoms with Crippen LogP contribution in [-0.2, 0) is 0 Å². The molecule has 1 aromatic carbocycles. The van der Waals surface area contributed by atoms with Gasteiger partial charge < -0.3 is 14.7 Å². The van der Waals surface area contributed by atoms with Crippen LogP contribution in [0.1, 0.15) is 29.0 Å². The minimum absolute atomic E-state index is 0.0599. The van der Waals surface area contributed by atoms with E-state index in [0.29, 0.717) is 30.4 Å². The molecule has 4 rings (SSSR count). The van der Waals surface area contributed by atoms with Gasteiger partial charge in [0, 0.05) is 31.5 Å². The van der Waals surface area contributed by atoms with Crippen molar-refractivity contribution in [2.24, 2.45) is 0 Å². The highest BCUT2D eigenvalue weighted by molar-refractivity contribution is 9.10. The van der Waals surface area contributed by atoms with Crippen LogP contribution in [0.5, 0.6) is 0 Å². The number of rotatable bonds is 5. The molecule has 150 valence electrons. The first kappa shape index (κ1) is 19.4. The summed E-state index contributed by atoms with van der Waals surface area (Å²) in [6, 6.07) is 3.93. The maximum absolute atomic E-state index is 13.9. The van der Waals surface area contributed by atoms with Crippen LogP contribution < -0.4 is 5.32 Å². The normalized spacial score (nSPS) is 16.2. The zero-order chi connectivity index (χ0) is 20.4. The molecule has 0 aliphatic carbocycles. The highest BCUT2D eigenvalue weighted by Crippen LogP contribution is 2.27. The summed E-state index contributed by atoms with van der Waals surface area (Å²) in [7, 11) is 0. The van der Waals surface area contributed by atoms with Gasteiger partial charge in [0.2, 0.25) is 5.95 Å². The van der Waals surface area contributed by atoms with Gasteiger partial charge in [-0.05, 0) is 53.9 Å². The Labute approximate surface area is 174 Å². The Morgan fingerprint density at radius 2 is 2.17 bits per heavy atom. The fourth-order valence-electron chi connectivity index (χ4n) is 3.37. The number of carbonyl (C=O) groups excluding carboxylic acids is 1. The average molecular weight is 461 g/mol. The number of halogens is 2. The summed E-state index contributed by atoms with van der Waals surface area (Å²) in [5.74, 6) is 0.366. The molecule has 29 heavy (non-hydrogen) atoms. The second-order valence-corrected chi connectivity index (χ2v) is 7.65. The molecular weight excluding hydrogens is 443 g/mol. The van der Waals surface area contributed by atoms with E-state index in [-0.39, 0.29) is 23.4 Å². The molecule has 1 amide bonds. The van der Waals surface area contributed by atoms with Crippen molar-refractivity contribution in [3.63, 3.8) is 0 Å². The fraction of sp³-hybridized carbons (Fsp3) is 0.316. The first-order valence-corrected chi connectivity index (χ1v) is 9.93. The van der Waals surface area contributed by atoms with Crippen LogP contribution in [0.15, 0.2) is 39.6 Å². The monoisotopic (exact) mass is 460 g/mol. The van der Waals surface area contributed by atoms with Gasteiger partial charge in [0.25, 0.3) is 11.8 Å². The number of benzene rings is 1. The summed E-state index contributed by atoms with van der Waals surface area (Å²) in [5, 5.41) is 6.92. The zero-order valence-electron chi connectivity index (χ0n) is 15.6. The number of likely N-dealkylation sites (tertiary alicyclic amines) is 1. The van der Waals surface area contributed by atoms with Crippen molar-refractivity contribution in [3.8, 4) is 11.5 Å². The van der Waals surface area contributed by atoms with Crippen LogP contribution in [0.25, 0.3) is 11.5 Å². The molecule has 1 N–H and O–H groups in total. The van der Waals surface area contributed by atoms with E-state index in [2.05, 4.69) is 41.4 Å². The number of amides is 1. The standard InChI is InChI=1S/C19H18BrFN6O2/c1-11-25-17(29-26-11)15-5-4-13(21)7-16(15)18(28)27-6-2-3-14(27)10-24-19-22-8-12(20)9-23-19/h4-5,7-9,14H,2-3,6,10H2,1H3,(H,22,23,24). The third kappa shape index (κ3) is 4.26. The van der Waals surface area contributed by atoms with Gasteiger partial charge in [-0.15, -0.1) is 0 Å². The van der Waals surface area contributed by atoms with Crippen molar-refractivity contribution in [1.29, 1.82) is 0 Å². The highest BCUT2D eigenvalue weighted by Gasteiger charge is 2.31. The van der Waals surface area contributed by atoms with Gasteiger partial charge in [-0.25, -0.2) is 14.4 Å². The third-order valence-electron chi connectivity index (χ3n) is 4.72. The molecule has 0 radical (unpaired) electrons. The number of anilines is 1. The van der Waals surface area contributed by atoms with Crippen molar-refractivity contribution in [3.05, 3.63) is 52.3 Å². The van der Waals surface area contributed by atoms with Gasteiger partial charge in [0.1, 0.15) is 5.82 Å². The molecule has 2 aromatic heterocycles. The molecule has 3 heterocycles. The fourth-order valence-corrected chi connectivity index (χ4v) is 3.57. The largest absolute Gasteiger partial charge is 0.352 e. The molecule has 1 aliphatic rings. The lowest BCUT2D eigenvalue weighted by Crippen LogP contribution is -2.40. The Morgan fingerprint density at radius 1 is 1.38 bits per heavy atom. The van der Waals surface area contributed by atoms with Crippen molar-refractivity contribution in [2.75, 3.05) is 18.4 Å². The Hall–Kier alpha value is -2.88. The van der Waals surface area contributed by atoms with E-state index in [1.54, 1.807) is 24.2 Å².